The molecule has 1 saturated heterocycles. The molecule has 1 fully saturated rings. The third-order valence-corrected chi connectivity index (χ3v) is 6.68. The first-order chi connectivity index (χ1) is 18.2. The van der Waals surface area contributed by atoms with E-state index < -0.39 is 5.82 Å². The lowest BCUT2D eigenvalue weighted by Crippen LogP contribution is -2.23. The fraction of sp³-hybridized carbons (Fsp3) is 0.296. The number of carbonyl (C=O) groups excluding carboxylic acids is 1. The number of rotatable bonds is 6. The van der Waals surface area contributed by atoms with Crippen LogP contribution in [0, 0.1) is 5.82 Å². The second-order valence-corrected chi connectivity index (χ2v) is 9.19. The van der Waals surface area contributed by atoms with Crippen LogP contribution in [0.4, 0.5) is 10.2 Å². The average molecular weight is 503 g/mol. The number of nitrogens with one attached hydrogen (secondary N) is 4. The van der Waals surface area contributed by atoms with E-state index in [1.165, 1.54) is 6.07 Å². The van der Waals surface area contributed by atoms with Crippen molar-refractivity contribution in [2.75, 3.05) is 31.6 Å². The second kappa shape index (κ2) is 10.1. The summed E-state index contributed by atoms with van der Waals surface area (Å²) in [6, 6.07) is 12.2. The number of carbonyl (C=O) groups is 1. The SMILES string of the molecule is O=C(NCc1ccc(-c2ccnc3[nH]nc(N[C@@H]4CCNC4)c23)cc1F)c1ccc2c(c1)OCCCO2. The Morgan fingerprint density at radius 1 is 1.11 bits per heavy atom. The topological polar surface area (TPSA) is 113 Å². The van der Waals surface area contributed by atoms with Crippen LogP contribution < -0.4 is 25.4 Å². The van der Waals surface area contributed by atoms with E-state index in [-0.39, 0.29) is 18.5 Å². The van der Waals surface area contributed by atoms with Crippen LogP contribution in [-0.4, -0.2) is 53.4 Å². The van der Waals surface area contributed by atoms with Crippen LogP contribution in [0.25, 0.3) is 22.2 Å². The van der Waals surface area contributed by atoms with Crippen molar-refractivity contribution >= 4 is 22.8 Å². The Morgan fingerprint density at radius 3 is 2.84 bits per heavy atom. The largest absolute Gasteiger partial charge is 0.490 e. The van der Waals surface area contributed by atoms with Crippen LogP contribution in [0.15, 0.2) is 48.7 Å². The van der Waals surface area contributed by atoms with Gasteiger partial charge in [0.15, 0.2) is 23.0 Å². The summed E-state index contributed by atoms with van der Waals surface area (Å²) in [5, 5.41) is 17.8. The molecule has 10 heteroatoms. The number of hydrogen-bond donors (Lipinski definition) is 4. The second-order valence-electron chi connectivity index (χ2n) is 9.19. The number of aromatic nitrogens is 3. The number of H-pyrrole nitrogens is 1. The molecule has 4 heterocycles. The number of nitrogens with zero attached hydrogens (tertiary/aromatic N) is 2. The van der Waals surface area contributed by atoms with Crippen LogP contribution in [-0.2, 0) is 6.54 Å². The zero-order chi connectivity index (χ0) is 25.2. The molecule has 4 aromatic rings. The molecule has 2 aromatic carbocycles. The van der Waals surface area contributed by atoms with E-state index in [4.69, 9.17) is 9.47 Å². The number of hydrogen-bond acceptors (Lipinski definition) is 7. The van der Waals surface area contributed by atoms with Gasteiger partial charge >= 0.3 is 0 Å². The van der Waals surface area contributed by atoms with E-state index in [2.05, 4.69) is 31.1 Å². The molecule has 6 rings (SSSR count). The molecule has 0 saturated carbocycles. The van der Waals surface area contributed by atoms with Crippen molar-refractivity contribution in [3.05, 3.63) is 65.6 Å². The monoisotopic (exact) mass is 502 g/mol. The Labute approximate surface area is 212 Å². The molecule has 0 aliphatic carbocycles. The summed E-state index contributed by atoms with van der Waals surface area (Å²) in [6.45, 7) is 3.00. The van der Waals surface area contributed by atoms with Crippen LogP contribution in [0.5, 0.6) is 11.5 Å². The first kappa shape index (κ1) is 23.2. The first-order valence-electron chi connectivity index (χ1n) is 12.4. The van der Waals surface area contributed by atoms with Gasteiger partial charge < -0.3 is 25.4 Å². The molecule has 0 radical (unpaired) electrons. The number of ether oxygens (including phenoxy) is 2. The Hall–Kier alpha value is -4.18. The average Bonchev–Trinajstić information content (AvgIpc) is 3.52. The van der Waals surface area contributed by atoms with Crippen molar-refractivity contribution in [2.24, 2.45) is 0 Å². The highest BCUT2D eigenvalue weighted by Gasteiger charge is 2.20. The summed E-state index contributed by atoms with van der Waals surface area (Å²) in [5.41, 5.74) is 2.99. The summed E-state index contributed by atoms with van der Waals surface area (Å²) in [4.78, 5) is 17.1. The van der Waals surface area contributed by atoms with Crippen LogP contribution in [0.1, 0.15) is 28.8 Å². The number of halogens is 1. The number of benzene rings is 2. The van der Waals surface area contributed by atoms with Crippen molar-refractivity contribution in [3.63, 3.8) is 0 Å². The standard InChI is InChI=1S/C27H27FN6O3/c28-21-12-16(20-7-9-30-25-24(20)26(34-33-25)32-19-6-8-29-15-19)2-3-18(21)14-31-27(35)17-4-5-22-23(13-17)37-11-1-10-36-22/h2-5,7,9,12-13,19,29H,1,6,8,10-11,14-15H2,(H,31,35)(H2,30,32,33,34)/t19-/m1/s1. The number of aromatic amines is 1. The van der Waals surface area contributed by atoms with Gasteiger partial charge in [-0.3, -0.25) is 9.89 Å². The number of pyridine rings is 1. The number of fused-ring (bicyclic) bond motifs is 2. The summed E-state index contributed by atoms with van der Waals surface area (Å²) >= 11 is 0. The van der Waals surface area contributed by atoms with Gasteiger partial charge in [0.05, 0.1) is 18.6 Å². The smallest absolute Gasteiger partial charge is 0.251 e. The van der Waals surface area contributed by atoms with Crippen LogP contribution >= 0.6 is 0 Å². The molecular weight excluding hydrogens is 475 g/mol. The summed E-state index contributed by atoms with van der Waals surface area (Å²) in [6.07, 6.45) is 3.47. The van der Waals surface area contributed by atoms with Crippen molar-refractivity contribution in [2.45, 2.75) is 25.4 Å². The Balaban J connectivity index is 1.19. The molecule has 1 amide bonds. The van der Waals surface area contributed by atoms with Crippen LogP contribution in [0.3, 0.4) is 0 Å². The molecule has 9 nitrogen and oxygen atoms in total. The van der Waals surface area contributed by atoms with E-state index in [9.17, 15) is 4.79 Å². The summed E-state index contributed by atoms with van der Waals surface area (Å²) < 4.78 is 26.4. The highest BCUT2D eigenvalue weighted by Crippen LogP contribution is 2.33. The molecular formula is C27H27FN6O3. The van der Waals surface area contributed by atoms with E-state index in [1.54, 1.807) is 30.5 Å². The predicted octanol–water partition coefficient (Wildman–Crippen LogP) is 3.63. The minimum absolute atomic E-state index is 0.0539. The van der Waals surface area contributed by atoms with E-state index in [1.807, 2.05) is 12.1 Å². The predicted molar refractivity (Wildman–Crippen MR) is 137 cm³/mol. The molecule has 190 valence electrons. The van der Waals surface area contributed by atoms with Crippen molar-refractivity contribution in [3.8, 4) is 22.6 Å². The van der Waals surface area contributed by atoms with Crippen molar-refractivity contribution in [1.82, 2.24) is 25.8 Å². The van der Waals surface area contributed by atoms with Crippen LogP contribution in [0.2, 0.25) is 0 Å². The Morgan fingerprint density at radius 2 is 2.00 bits per heavy atom. The van der Waals surface area contributed by atoms with Gasteiger partial charge in [-0.1, -0.05) is 12.1 Å². The lowest BCUT2D eigenvalue weighted by atomic mass is 10.0. The lowest BCUT2D eigenvalue weighted by molar-refractivity contribution is 0.0950. The Bertz CT molecular complexity index is 1450. The van der Waals surface area contributed by atoms with E-state index >= 15 is 4.39 Å². The minimum Gasteiger partial charge on any atom is -0.490 e. The minimum atomic E-state index is -0.403. The maximum absolute atomic E-state index is 15.2. The maximum Gasteiger partial charge on any atom is 0.251 e. The fourth-order valence-corrected chi connectivity index (χ4v) is 4.71. The normalized spacial score (nSPS) is 16.9. The van der Waals surface area contributed by atoms with Gasteiger partial charge in [0.25, 0.3) is 5.91 Å². The zero-order valence-electron chi connectivity index (χ0n) is 20.1. The van der Waals surface area contributed by atoms with Gasteiger partial charge in [-0.15, -0.1) is 0 Å². The molecule has 0 unspecified atom stereocenters. The summed E-state index contributed by atoms with van der Waals surface area (Å²) in [7, 11) is 0. The maximum atomic E-state index is 15.2. The molecule has 37 heavy (non-hydrogen) atoms. The first-order valence-corrected chi connectivity index (χ1v) is 12.4. The number of anilines is 1. The van der Waals surface area contributed by atoms with Gasteiger partial charge in [-0.25, -0.2) is 9.37 Å². The van der Waals surface area contributed by atoms with Gasteiger partial charge in [0.1, 0.15) is 5.82 Å². The molecule has 2 aromatic heterocycles. The molecule has 1 atom stereocenters. The quantitative estimate of drug-likeness (QED) is 0.319. The molecule has 0 bridgehead atoms. The molecule has 0 spiro atoms. The van der Waals surface area contributed by atoms with Gasteiger partial charge in [-0.05, 0) is 54.4 Å². The molecule has 4 N–H and O–H groups in total. The van der Waals surface area contributed by atoms with Gasteiger partial charge in [-0.2, -0.15) is 5.10 Å². The fourth-order valence-electron chi connectivity index (χ4n) is 4.71. The highest BCUT2D eigenvalue weighted by molar-refractivity contribution is 6.00. The van der Waals surface area contributed by atoms with Gasteiger partial charge in [0, 0.05) is 42.9 Å². The molecule has 2 aliphatic heterocycles. The van der Waals surface area contributed by atoms with Crippen molar-refractivity contribution in [1.29, 1.82) is 0 Å². The lowest BCUT2D eigenvalue weighted by Gasteiger charge is -2.13. The van der Waals surface area contributed by atoms with E-state index in [0.29, 0.717) is 52.9 Å². The Kier molecular flexibility index (Phi) is 6.32. The zero-order valence-corrected chi connectivity index (χ0v) is 20.1. The summed E-state index contributed by atoms with van der Waals surface area (Å²) in [5.74, 6) is 1.15. The third-order valence-electron chi connectivity index (χ3n) is 6.68. The third kappa shape index (κ3) is 4.79. The highest BCUT2D eigenvalue weighted by atomic mass is 19.1. The van der Waals surface area contributed by atoms with Gasteiger partial charge in [0.2, 0.25) is 0 Å². The number of amides is 1. The van der Waals surface area contributed by atoms with E-state index in [0.717, 1.165) is 36.9 Å². The molecule has 2 aliphatic rings. The van der Waals surface area contributed by atoms with Crippen molar-refractivity contribution < 1.29 is 18.7 Å².